The van der Waals surface area contributed by atoms with Crippen LogP contribution in [-0.4, -0.2) is 11.8 Å². The first-order valence-corrected chi connectivity index (χ1v) is 4.68. The number of hydrogen-bond donors (Lipinski definition) is 2. The number of carbonyl (C=O) groups excluding carboxylic acids is 2. The Balaban J connectivity index is 2.15. The van der Waals surface area contributed by atoms with Crippen molar-refractivity contribution >= 4 is 11.8 Å². The molecule has 4 nitrogen and oxygen atoms in total. The van der Waals surface area contributed by atoms with Crippen LogP contribution in [0, 0.1) is 23.7 Å². The van der Waals surface area contributed by atoms with Crippen molar-refractivity contribution in [2.75, 3.05) is 0 Å². The lowest BCUT2D eigenvalue weighted by Gasteiger charge is -2.24. The van der Waals surface area contributed by atoms with E-state index in [1.165, 1.54) is 0 Å². The first kappa shape index (κ1) is 8.53. The van der Waals surface area contributed by atoms with Gasteiger partial charge in [0.25, 0.3) is 0 Å². The van der Waals surface area contributed by atoms with Crippen LogP contribution in [0.25, 0.3) is 0 Å². The fourth-order valence-corrected chi connectivity index (χ4v) is 3.00. The lowest BCUT2D eigenvalue weighted by atomic mass is 9.80. The lowest BCUT2D eigenvalue weighted by molar-refractivity contribution is -0.128. The molecule has 2 aliphatic carbocycles. The highest BCUT2D eigenvalue weighted by Gasteiger charge is 2.50. The highest BCUT2D eigenvalue weighted by molar-refractivity contribution is 5.82. The van der Waals surface area contributed by atoms with Crippen LogP contribution in [0.15, 0.2) is 0 Å². The molecule has 2 rings (SSSR count). The maximum absolute atomic E-state index is 11.0. The van der Waals surface area contributed by atoms with E-state index in [1.54, 1.807) is 0 Å². The van der Waals surface area contributed by atoms with E-state index in [0.29, 0.717) is 5.92 Å². The average molecular weight is 182 g/mol. The molecule has 2 saturated carbocycles. The quantitative estimate of drug-likeness (QED) is 0.609. The lowest BCUT2D eigenvalue weighted by Crippen LogP contribution is -2.37. The second-order valence-corrected chi connectivity index (χ2v) is 4.25. The van der Waals surface area contributed by atoms with Gasteiger partial charge in [0.2, 0.25) is 11.8 Å². The molecule has 2 aliphatic rings. The zero-order valence-electron chi connectivity index (χ0n) is 7.40. The molecule has 4 N–H and O–H groups in total. The highest BCUT2D eigenvalue weighted by Crippen LogP contribution is 2.51. The van der Waals surface area contributed by atoms with Gasteiger partial charge in [0.1, 0.15) is 0 Å². The third-order valence-electron chi connectivity index (χ3n) is 3.54. The van der Waals surface area contributed by atoms with Crippen molar-refractivity contribution in [3.8, 4) is 0 Å². The summed E-state index contributed by atoms with van der Waals surface area (Å²) in [4.78, 5) is 22.1. The maximum atomic E-state index is 11.0. The first-order valence-electron chi connectivity index (χ1n) is 4.68. The number of hydrogen-bond acceptors (Lipinski definition) is 2. The van der Waals surface area contributed by atoms with Crippen LogP contribution in [-0.2, 0) is 9.59 Å². The molecule has 2 atom stereocenters. The molecular weight excluding hydrogens is 168 g/mol. The standard InChI is InChI=1S/C9H14N2O2/c10-8(12)6-2-4-1-5(6)7(3-4)9(11)13/h4-7H,1-3H2,(H2,10,12)(H2,11,13). The van der Waals surface area contributed by atoms with Crippen LogP contribution in [0.5, 0.6) is 0 Å². The topological polar surface area (TPSA) is 86.2 Å². The van der Waals surface area contributed by atoms with Gasteiger partial charge in [-0.05, 0) is 31.1 Å². The largest absolute Gasteiger partial charge is 0.369 e. The zero-order chi connectivity index (χ0) is 9.59. The molecule has 2 fully saturated rings. The van der Waals surface area contributed by atoms with Crippen molar-refractivity contribution in [2.24, 2.45) is 35.1 Å². The molecule has 0 spiro atoms. The van der Waals surface area contributed by atoms with E-state index in [0.717, 1.165) is 19.3 Å². The smallest absolute Gasteiger partial charge is 0.220 e. The number of nitrogens with two attached hydrogens (primary N) is 2. The molecular formula is C9H14N2O2. The van der Waals surface area contributed by atoms with Gasteiger partial charge in [-0.2, -0.15) is 0 Å². The Kier molecular flexibility index (Phi) is 1.78. The van der Waals surface area contributed by atoms with Crippen molar-refractivity contribution in [3.05, 3.63) is 0 Å². The molecule has 0 radical (unpaired) electrons. The number of primary amides is 2. The molecule has 2 unspecified atom stereocenters. The molecule has 0 aromatic heterocycles. The fourth-order valence-electron chi connectivity index (χ4n) is 3.00. The van der Waals surface area contributed by atoms with Crippen LogP contribution in [0.2, 0.25) is 0 Å². The van der Waals surface area contributed by atoms with Gasteiger partial charge in [-0.25, -0.2) is 0 Å². The fraction of sp³-hybridized carbons (Fsp3) is 0.778. The van der Waals surface area contributed by atoms with Crippen LogP contribution in [0.1, 0.15) is 19.3 Å². The Morgan fingerprint density at radius 3 is 1.69 bits per heavy atom. The SMILES string of the molecule is NC(=O)C1CC2CC(C(N)=O)C1C2. The molecule has 2 amide bonds. The van der Waals surface area contributed by atoms with Crippen molar-refractivity contribution in [1.29, 1.82) is 0 Å². The molecule has 0 aromatic carbocycles. The summed E-state index contributed by atoms with van der Waals surface area (Å²) < 4.78 is 0. The highest BCUT2D eigenvalue weighted by atomic mass is 16.1. The van der Waals surface area contributed by atoms with Gasteiger partial charge >= 0.3 is 0 Å². The molecule has 0 aliphatic heterocycles. The van der Waals surface area contributed by atoms with E-state index in [2.05, 4.69) is 0 Å². The summed E-state index contributed by atoms with van der Waals surface area (Å²) in [5.41, 5.74) is 10.5. The summed E-state index contributed by atoms with van der Waals surface area (Å²) in [5.74, 6) is -0.0931. The van der Waals surface area contributed by atoms with E-state index in [1.807, 2.05) is 0 Å². The Morgan fingerprint density at radius 2 is 1.38 bits per heavy atom. The number of amides is 2. The second-order valence-electron chi connectivity index (χ2n) is 4.25. The Bertz CT molecular complexity index is 240. The predicted octanol–water partition coefficient (Wildman–Crippen LogP) is -0.381. The molecule has 0 aromatic rings. The molecule has 2 bridgehead atoms. The first-order chi connectivity index (χ1) is 6.09. The van der Waals surface area contributed by atoms with Gasteiger partial charge < -0.3 is 11.5 Å². The van der Waals surface area contributed by atoms with Crippen molar-refractivity contribution < 1.29 is 9.59 Å². The van der Waals surface area contributed by atoms with E-state index < -0.39 is 0 Å². The van der Waals surface area contributed by atoms with Gasteiger partial charge in [0, 0.05) is 11.8 Å². The second kappa shape index (κ2) is 2.72. The van der Waals surface area contributed by atoms with Crippen molar-refractivity contribution in [1.82, 2.24) is 0 Å². The van der Waals surface area contributed by atoms with Gasteiger partial charge in [-0.1, -0.05) is 0 Å². The predicted molar refractivity (Wildman–Crippen MR) is 46.2 cm³/mol. The van der Waals surface area contributed by atoms with Crippen LogP contribution in [0.3, 0.4) is 0 Å². The van der Waals surface area contributed by atoms with Gasteiger partial charge in [0.15, 0.2) is 0 Å². The van der Waals surface area contributed by atoms with Crippen LogP contribution >= 0.6 is 0 Å². The number of fused-ring (bicyclic) bond motifs is 2. The molecule has 4 heteroatoms. The van der Waals surface area contributed by atoms with Crippen molar-refractivity contribution in [2.45, 2.75) is 19.3 Å². The number of rotatable bonds is 2. The van der Waals surface area contributed by atoms with E-state index in [4.69, 9.17) is 11.5 Å². The Hall–Kier alpha value is -1.06. The minimum absolute atomic E-state index is 0.101. The summed E-state index contributed by atoms with van der Waals surface area (Å²) in [5, 5.41) is 0. The maximum Gasteiger partial charge on any atom is 0.220 e. The third kappa shape index (κ3) is 1.20. The summed E-state index contributed by atoms with van der Waals surface area (Å²) in [6.07, 6.45) is 2.69. The van der Waals surface area contributed by atoms with Crippen LogP contribution < -0.4 is 11.5 Å². The summed E-state index contributed by atoms with van der Waals surface area (Å²) >= 11 is 0. The molecule has 0 saturated heterocycles. The minimum Gasteiger partial charge on any atom is -0.369 e. The monoisotopic (exact) mass is 182 g/mol. The van der Waals surface area contributed by atoms with E-state index >= 15 is 0 Å². The molecule has 72 valence electrons. The zero-order valence-corrected chi connectivity index (χ0v) is 7.40. The van der Waals surface area contributed by atoms with Crippen LogP contribution in [0.4, 0.5) is 0 Å². The van der Waals surface area contributed by atoms with Gasteiger partial charge in [-0.3, -0.25) is 9.59 Å². The number of carbonyl (C=O) groups is 2. The average Bonchev–Trinajstić information content (AvgIpc) is 2.60. The molecule has 0 heterocycles. The summed E-state index contributed by atoms with van der Waals surface area (Å²) in [6.45, 7) is 0. The van der Waals surface area contributed by atoms with Crippen molar-refractivity contribution in [3.63, 3.8) is 0 Å². The normalized spacial score (nSPS) is 42.2. The Morgan fingerprint density at radius 1 is 0.923 bits per heavy atom. The van der Waals surface area contributed by atoms with Gasteiger partial charge in [-0.15, -0.1) is 0 Å². The van der Waals surface area contributed by atoms with E-state index in [-0.39, 0.29) is 29.6 Å². The Labute approximate surface area is 76.6 Å². The summed E-state index contributed by atoms with van der Waals surface area (Å²) in [7, 11) is 0. The summed E-state index contributed by atoms with van der Waals surface area (Å²) in [6, 6.07) is 0. The molecule has 13 heavy (non-hydrogen) atoms. The van der Waals surface area contributed by atoms with E-state index in [9.17, 15) is 9.59 Å². The third-order valence-corrected chi connectivity index (χ3v) is 3.54. The van der Waals surface area contributed by atoms with Gasteiger partial charge in [0.05, 0.1) is 0 Å². The minimum atomic E-state index is -0.265.